The number of hydrogen-bond donors (Lipinski definition) is 2. The molecule has 1 aromatic rings. The molecule has 2 unspecified atom stereocenters. The molecule has 2 heterocycles. The number of hydrogen-bond acceptors (Lipinski definition) is 4. The van der Waals surface area contributed by atoms with Crippen LogP contribution in [0, 0.1) is 11.8 Å². The molecule has 0 aromatic carbocycles. The first kappa shape index (κ1) is 12.8. The zero-order valence-corrected chi connectivity index (χ0v) is 10.7. The first-order valence-electron chi connectivity index (χ1n) is 5.31. The van der Waals surface area contributed by atoms with Crippen molar-refractivity contribution < 1.29 is 8.42 Å². The summed E-state index contributed by atoms with van der Waals surface area (Å²) in [6.07, 6.45) is 2.94. The third kappa shape index (κ3) is 2.30. The fraction of sp³-hybridized carbons (Fsp3) is 0.500. The summed E-state index contributed by atoms with van der Waals surface area (Å²) in [5, 5.41) is 3.23. The number of halogens is 1. The van der Waals surface area contributed by atoms with Crippen LogP contribution in [0.2, 0.25) is 0 Å². The van der Waals surface area contributed by atoms with Gasteiger partial charge in [-0.15, -0.1) is 12.4 Å². The second-order valence-electron chi connectivity index (χ2n) is 4.32. The number of sulfonamides is 1. The molecule has 0 bridgehead atoms. The first-order chi connectivity index (χ1) is 7.68. The Morgan fingerprint density at radius 2 is 2.06 bits per heavy atom. The van der Waals surface area contributed by atoms with Crippen LogP contribution in [0.25, 0.3) is 0 Å². The number of nitrogens with zero attached hydrogens (tertiary/aromatic N) is 1. The molecule has 1 aliphatic carbocycles. The Bertz CT molecular complexity index is 484. The van der Waals surface area contributed by atoms with E-state index in [4.69, 9.17) is 0 Å². The number of pyridine rings is 1. The molecule has 2 N–H and O–H groups in total. The summed E-state index contributed by atoms with van der Waals surface area (Å²) in [7, 11) is -3.38. The molecular formula is C10H14ClN3O2S. The highest BCUT2D eigenvalue weighted by Crippen LogP contribution is 2.42. The van der Waals surface area contributed by atoms with Crippen LogP contribution in [0.3, 0.4) is 0 Å². The molecule has 1 aliphatic heterocycles. The SMILES string of the molecule is Cl.O=S(=O)(NC1C2CNCC21)c1cccnc1. The van der Waals surface area contributed by atoms with Crippen LogP contribution in [0.1, 0.15) is 0 Å². The predicted octanol–water partition coefficient (Wildman–Crippen LogP) is -0.000500. The van der Waals surface area contributed by atoms with Crippen molar-refractivity contribution in [2.75, 3.05) is 13.1 Å². The summed E-state index contributed by atoms with van der Waals surface area (Å²) in [6.45, 7) is 1.84. The predicted molar refractivity (Wildman–Crippen MR) is 65.4 cm³/mol. The summed E-state index contributed by atoms with van der Waals surface area (Å²) in [6, 6.07) is 3.31. The van der Waals surface area contributed by atoms with Gasteiger partial charge in [0.1, 0.15) is 4.90 Å². The summed E-state index contributed by atoms with van der Waals surface area (Å²) in [5.41, 5.74) is 0. The van der Waals surface area contributed by atoms with E-state index in [0.717, 1.165) is 13.1 Å². The van der Waals surface area contributed by atoms with Gasteiger partial charge in [-0.2, -0.15) is 0 Å². The third-order valence-corrected chi connectivity index (χ3v) is 4.77. The number of nitrogens with one attached hydrogen (secondary N) is 2. The van der Waals surface area contributed by atoms with Crippen molar-refractivity contribution in [3.63, 3.8) is 0 Å². The standard InChI is InChI=1S/C10H13N3O2S.ClH/c14-16(15,7-2-1-3-11-4-7)13-10-8-5-12-6-9(8)10;/h1-4,8-10,12-13H,5-6H2;1H. The number of piperidine rings is 1. The molecular weight excluding hydrogens is 262 g/mol. The van der Waals surface area contributed by atoms with E-state index in [1.807, 2.05) is 0 Å². The fourth-order valence-corrected chi connectivity index (χ4v) is 3.65. The van der Waals surface area contributed by atoms with Crippen molar-refractivity contribution in [2.24, 2.45) is 11.8 Å². The smallest absolute Gasteiger partial charge is 0.242 e. The maximum Gasteiger partial charge on any atom is 0.242 e. The molecule has 1 saturated heterocycles. The van der Waals surface area contributed by atoms with Crippen LogP contribution in [0.5, 0.6) is 0 Å². The van der Waals surface area contributed by atoms with Crippen LogP contribution in [0.15, 0.2) is 29.4 Å². The van der Waals surface area contributed by atoms with Crippen molar-refractivity contribution in [2.45, 2.75) is 10.9 Å². The summed E-state index contributed by atoms with van der Waals surface area (Å²) >= 11 is 0. The molecule has 2 fully saturated rings. The average molecular weight is 276 g/mol. The van der Waals surface area contributed by atoms with Gasteiger partial charge in [0.25, 0.3) is 0 Å². The Labute approximate surface area is 106 Å². The van der Waals surface area contributed by atoms with Crippen molar-refractivity contribution >= 4 is 22.4 Å². The summed E-state index contributed by atoms with van der Waals surface area (Å²) < 4.78 is 26.6. The van der Waals surface area contributed by atoms with E-state index < -0.39 is 10.0 Å². The summed E-state index contributed by atoms with van der Waals surface area (Å²) in [5.74, 6) is 0.956. The minimum absolute atomic E-state index is 0. The monoisotopic (exact) mass is 275 g/mol. The molecule has 1 saturated carbocycles. The molecule has 0 spiro atoms. The molecule has 0 amide bonds. The quantitative estimate of drug-likeness (QED) is 0.815. The van der Waals surface area contributed by atoms with E-state index in [1.165, 1.54) is 6.20 Å². The molecule has 3 rings (SSSR count). The van der Waals surface area contributed by atoms with E-state index in [9.17, 15) is 8.42 Å². The topological polar surface area (TPSA) is 71.1 Å². The molecule has 7 heteroatoms. The van der Waals surface area contributed by atoms with Gasteiger partial charge in [0.05, 0.1) is 0 Å². The van der Waals surface area contributed by atoms with E-state index in [2.05, 4.69) is 15.0 Å². The van der Waals surface area contributed by atoms with E-state index >= 15 is 0 Å². The highest BCUT2D eigenvalue weighted by atomic mass is 35.5. The molecule has 2 atom stereocenters. The lowest BCUT2D eigenvalue weighted by Crippen LogP contribution is -2.32. The van der Waals surface area contributed by atoms with Gasteiger partial charge in [-0.25, -0.2) is 13.1 Å². The Hall–Kier alpha value is -0.690. The van der Waals surface area contributed by atoms with Crippen LogP contribution < -0.4 is 10.0 Å². The molecule has 1 aromatic heterocycles. The van der Waals surface area contributed by atoms with Gasteiger partial charge in [-0.3, -0.25) is 4.98 Å². The lowest BCUT2D eigenvalue weighted by Gasteiger charge is -2.08. The van der Waals surface area contributed by atoms with E-state index in [-0.39, 0.29) is 23.3 Å². The highest BCUT2D eigenvalue weighted by Gasteiger charge is 2.54. The Morgan fingerprint density at radius 1 is 1.35 bits per heavy atom. The van der Waals surface area contributed by atoms with Gasteiger partial charge in [0, 0.05) is 18.4 Å². The van der Waals surface area contributed by atoms with E-state index in [0.29, 0.717) is 11.8 Å². The number of rotatable bonds is 3. The van der Waals surface area contributed by atoms with Crippen molar-refractivity contribution in [3.8, 4) is 0 Å². The molecule has 17 heavy (non-hydrogen) atoms. The largest absolute Gasteiger partial charge is 0.316 e. The highest BCUT2D eigenvalue weighted by molar-refractivity contribution is 7.89. The second kappa shape index (κ2) is 4.53. The lowest BCUT2D eigenvalue weighted by atomic mass is 10.4. The minimum atomic E-state index is -3.38. The molecule has 5 nitrogen and oxygen atoms in total. The Morgan fingerprint density at radius 3 is 2.65 bits per heavy atom. The Balaban J connectivity index is 0.00000108. The molecule has 0 radical (unpaired) electrons. The van der Waals surface area contributed by atoms with Gasteiger partial charge in [-0.1, -0.05) is 0 Å². The van der Waals surface area contributed by atoms with Gasteiger partial charge in [-0.05, 0) is 37.1 Å². The van der Waals surface area contributed by atoms with Crippen LogP contribution >= 0.6 is 12.4 Å². The van der Waals surface area contributed by atoms with Gasteiger partial charge < -0.3 is 5.32 Å². The van der Waals surface area contributed by atoms with E-state index in [1.54, 1.807) is 18.3 Å². The maximum absolute atomic E-state index is 11.9. The molecule has 2 aliphatic rings. The van der Waals surface area contributed by atoms with Crippen LogP contribution in [0.4, 0.5) is 0 Å². The van der Waals surface area contributed by atoms with Crippen LogP contribution in [-0.2, 0) is 10.0 Å². The number of fused-ring (bicyclic) bond motifs is 1. The second-order valence-corrected chi connectivity index (χ2v) is 6.04. The van der Waals surface area contributed by atoms with Gasteiger partial charge in [0.15, 0.2) is 0 Å². The third-order valence-electron chi connectivity index (χ3n) is 3.33. The Kier molecular flexibility index (Phi) is 3.40. The first-order valence-corrected chi connectivity index (χ1v) is 6.80. The van der Waals surface area contributed by atoms with Crippen LogP contribution in [-0.4, -0.2) is 32.5 Å². The van der Waals surface area contributed by atoms with Crippen molar-refractivity contribution in [1.29, 1.82) is 0 Å². The van der Waals surface area contributed by atoms with Gasteiger partial charge in [0.2, 0.25) is 10.0 Å². The van der Waals surface area contributed by atoms with Crippen molar-refractivity contribution in [3.05, 3.63) is 24.5 Å². The summed E-state index contributed by atoms with van der Waals surface area (Å²) in [4.78, 5) is 4.06. The minimum Gasteiger partial charge on any atom is -0.316 e. The van der Waals surface area contributed by atoms with Gasteiger partial charge >= 0.3 is 0 Å². The molecule has 94 valence electrons. The zero-order valence-electron chi connectivity index (χ0n) is 9.04. The number of aromatic nitrogens is 1. The lowest BCUT2D eigenvalue weighted by molar-refractivity contribution is 0.565. The fourth-order valence-electron chi connectivity index (χ4n) is 2.35. The van der Waals surface area contributed by atoms with Crippen molar-refractivity contribution in [1.82, 2.24) is 15.0 Å². The maximum atomic E-state index is 11.9. The normalized spacial score (nSPS) is 30.5. The zero-order chi connectivity index (χ0) is 11.2. The average Bonchev–Trinajstić information content (AvgIpc) is 2.76.